The fraction of sp³-hybridized carbons (Fsp3) is 0.455. The molecule has 0 fully saturated rings. The summed E-state index contributed by atoms with van der Waals surface area (Å²) in [6, 6.07) is 3.76. The first-order chi connectivity index (χ1) is 7.20. The maximum absolute atomic E-state index is 9.51. The first-order valence-electron chi connectivity index (χ1n) is 5.03. The molecule has 1 heterocycles. The van der Waals surface area contributed by atoms with Gasteiger partial charge in [-0.2, -0.15) is 0 Å². The second-order valence-corrected chi connectivity index (χ2v) is 4.18. The van der Waals surface area contributed by atoms with E-state index in [1.807, 2.05) is 12.1 Å². The maximum Gasteiger partial charge on any atom is 0.126 e. The van der Waals surface area contributed by atoms with Gasteiger partial charge in [0.15, 0.2) is 0 Å². The molecule has 4 heteroatoms. The highest BCUT2D eigenvalue weighted by Crippen LogP contribution is 2.33. The van der Waals surface area contributed by atoms with Crippen LogP contribution >= 0.6 is 11.6 Å². The topological polar surface area (TPSA) is 55.5 Å². The minimum Gasteiger partial charge on any atom is -0.493 e. The molecule has 0 radical (unpaired) electrons. The zero-order valence-electron chi connectivity index (χ0n) is 8.37. The van der Waals surface area contributed by atoms with Gasteiger partial charge in [0.25, 0.3) is 0 Å². The summed E-state index contributed by atoms with van der Waals surface area (Å²) in [6.45, 7) is 0.947. The Balaban J connectivity index is 2.30. The predicted octanol–water partition coefficient (Wildman–Crippen LogP) is 1.14. The number of ether oxygens (including phenoxy) is 1. The number of hydrogen-bond acceptors (Lipinski definition) is 3. The Bertz CT molecular complexity index is 368. The Labute approximate surface area is 93.8 Å². The van der Waals surface area contributed by atoms with Gasteiger partial charge in [-0.3, -0.25) is 0 Å². The molecule has 0 bridgehead atoms. The third kappa shape index (κ3) is 2.25. The van der Waals surface area contributed by atoms with Crippen molar-refractivity contribution in [3.63, 3.8) is 0 Å². The van der Waals surface area contributed by atoms with Crippen LogP contribution in [0.3, 0.4) is 0 Å². The van der Waals surface area contributed by atoms with Crippen molar-refractivity contribution in [1.82, 2.24) is 0 Å². The Morgan fingerprint density at radius 1 is 1.53 bits per heavy atom. The zero-order chi connectivity index (χ0) is 10.8. The van der Waals surface area contributed by atoms with Crippen LogP contribution in [0.5, 0.6) is 5.75 Å². The Kier molecular flexibility index (Phi) is 3.14. The molecule has 3 N–H and O–H groups in total. The quantitative estimate of drug-likeness (QED) is 0.814. The Morgan fingerprint density at radius 3 is 3.07 bits per heavy atom. The normalized spacial score (nSPS) is 15.9. The van der Waals surface area contributed by atoms with Gasteiger partial charge in [-0.05, 0) is 23.3 Å². The summed E-state index contributed by atoms with van der Waals surface area (Å²) < 4.78 is 5.52. The molecule has 1 aromatic carbocycles. The van der Waals surface area contributed by atoms with Crippen LogP contribution in [0, 0.1) is 0 Å². The van der Waals surface area contributed by atoms with Gasteiger partial charge in [-0.25, -0.2) is 0 Å². The molecule has 2 rings (SSSR count). The first-order valence-corrected chi connectivity index (χ1v) is 5.40. The highest BCUT2D eigenvalue weighted by atomic mass is 35.5. The van der Waals surface area contributed by atoms with Crippen molar-refractivity contribution in [2.45, 2.75) is 18.9 Å². The van der Waals surface area contributed by atoms with Crippen LogP contribution in [0.25, 0.3) is 0 Å². The van der Waals surface area contributed by atoms with Crippen molar-refractivity contribution >= 4 is 11.6 Å². The van der Waals surface area contributed by atoms with E-state index in [1.165, 1.54) is 0 Å². The van der Waals surface area contributed by atoms with E-state index in [9.17, 15) is 5.11 Å². The minimum atomic E-state index is -0.531. The van der Waals surface area contributed by atoms with Crippen molar-refractivity contribution in [2.75, 3.05) is 13.2 Å². The fourth-order valence-electron chi connectivity index (χ4n) is 1.83. The fourth-order valence-corrected chi connectivity index (χ4v) is 2.10. The minimum absolute atomic E-state index is 0.251. The van der Waals surface area contributed by atoms with Crippen molar-refractivity contribution in [1.29, 1.82) is 0 Å². The van der Waals surface area contributed by atoms with E-state index in [0.717, 1.165) is 23.3 Å². The molecule has 3 nitrogen and oxygen atoms in total. The van der Waals surface area contributed by atoms with Gasteiger partial charge >= 0.3 is 0 Å². The number of nitrogens with two attached hydrogens (primary N) is 1. The molecule has 1 atom stereocenters. The van der Waals surface area contributed by atoms with E-state index in [2.05, 4.69) is 0 Å². The molecule has 82 valence electrons. The molecule has 0 saturated carbocycles. The molecular weight excluding hydrogens is 214 g/mol. The van der Waals surface area contributed by atoms with Crippen LogP contribution in [0.1, 0.15) is 11.1 Å². The van der Waals surface area contributed by atoms with E-state index >= 15 is 0 Å². The highest BCUT2D eigenvalue weighted by molar-refractivity contribution is 6.30. The maximum atomic E-state index is 9.51. The average molecular weight is 228 g/mol. The van der Waals surface area contributed by atoms with Crippen LogP contribution in [0.4, 0.5) is 0 Å². The van der Waals surface area contributed by atoms with Gasteiger partial charge in [0.1, 0.15) is 5.75 Å². The number of aliphatic hydroxyl groups excluding tert-OH is 1. The largest absolute Gasteiger partial charge is 0.493 e. The molecule has 0 aliphatic carbocycles. The smallest absolute Gasteiger partial charge is 0.126 e. The lowest BCUT2D eigenvalue weighted by Crippen LogP contribution is -2.22. The molecule has 0 spiro atoms. The second-order valence-electron chi connectivity index (χ2n) is 3.75. The Hall–Kier alpha value is -0.770. The van der Waals surface area contributed by atoms with Gasteiger partial charge in [0.2, 0.25) is 0 Å². The van der Waals surface area contributed by atoms with Crippen molar-refractivity contribution in [2.24, 2.45) is 5.73 Å². The monoisotopic (exact) mass is 227 g/mol. The number of halogens is 1. The van der Waals surface area contributed by atoms with Gasteiger partial charge in [0.05, 0.1) is 12.7 Å². The zero-order valence-corrected chi connectivity index (χ0v) is 9.13. The summed E-state index contributed by atoms with van der Waals surface area (Å²) >= 11 is 5.99. The van der Waals surface area contributed by atoms with Gasteiger partial charge in [-0.15, -0.1) is 0 Å². The van der Waals surface area contributed by atoms with Gasteiger partial charge in [0, 0.05) is 24.4 Å². The van der Waals surface area contributed by atoms with E-state index in [0.29, 0.717) is 18.1 Å². The van der Waals surface area contributed by atoms with Crippen LogP contribution in [-0.2, 0) is 12.8 Å². The van der Waals surface area contributed by atoms with Crippen molar-refractivity contribution in [3.05, 3.63) is 28.3 Å². The van der Waals surface area contributed by atoms with Gasteiger partial charge < -0.3 is 15.6 Å². The Morgan fingerprint density at radius 2 is 2.33 bits per heavy atom. The number of fused-ring (bicyclic) bond motifs is 1. The lowest BCUT2D eigenvalue weighted by molar-refractivity contribution is 0.182. The van der Waals surface area contributed by atoms with Crippen molar-refractivity contribution in [3.8, 4) is 5.75 Å². The lowest BCUT2D eigenvalue weighted by atomic mass is 10.0. The molecule has 1 unspecified atom stereocenters. The van der Waals surface area contributed by atoms with Crippen LogP contribution in [0.2, 0.25) is 5.02 Å². The molecule has 15 heavy (non-hydrogen) atoms. The molecule has 0 saturated heterocycles. The highest BCUT2D eigenvalue weighted by Gasteiger charge is 2.18. The molecule has 0 aromatic heterocycles. The summed E-state index contributed by atoms with van der Waals surface area (Å²) in [5.41, 5.74) is 7.46. The lowest BCUT2D eigenvalue weighted by Gasteiger charge is -2.12. The van der Waals surface area contributed by atoms with Gasteiger partial charge in [-0.1, -0.05) is 11.6 Å². The van der Waals surface area contributed by atoms with Crippen LogP contribution in [0.15, 0.2) is 12.1 Å². The van der Waals surface area contributed by atoms with E-state index < -0.39 is 6.10 Å². The van der Waals surface area contributed by atoms with E-state index in [1.54, 1.807) is 0 Å². The van der Waals surface area contributed by atoms with Crippen molar-refractivity contribution < 1.29 is 9.84 Å². The third-order valence-electron chi connectivity index (χ3n) is 2.55. The van der Waals surface area contributed by atoms with E-state index in [4.69, 9.17) is 22.1 Å². The predicted molar refractivity (Wildman–Crippen MR) is 59.4 cm³/mol. The first kappa shape index (κ1) is 10.7. The van der Waals surface area contributed by atoms with Crippen LogP contribution in [-0.4, -0.2) is 24.4 Å². The summed E-state index contributed by atoms with van der Waals surface area (Å²) in [6.07, 6.45) is 0.859. The number of rotatable bonds is 3. The summed E-state index contributed by atoms with van der Waals surface area (Å²) in [7, 11) is 0. The summed E-state index contributed by atoms with van der Waals surface area (Å²) in [5.74, 6) is 0.881. The van der Waals surface area contributed by atoms with E-state index in [-0.39, 0.29) is 6.54 Å². The molecule has 1 aliphatic rings. The molecule has 0 amide bonds. The third-order valence-corrected chi connectivity index (χ3v) is 2.77. The number of aliphatic hydroxyl groups is 1. The number of hydrogen-bond donors (Lipinski definition) is 2. The average Bonchev–Trinajstić information content (AvgIpc) is 2.65. The molecule has 1 aromatic rings. The molecular formula is C11H14ClNO2. The summed E-state index contributed by atoms with van der Waals surface area (Å²) in [5, 5.41) is 10.2. The second kappa shape index (κ2) is 4.39. The number of benzene rings is 1. The summed E-state index contributed by atoms with van der Waals surface area (Å²) in [4.78, 5) is 0. The SMILES string of the molecule is NCC(O)Cc1cc(Cl)cc2c1OCC2. The standard InChI is InChI=1S/C11H14ClNO2/c12-9-3-7-1-2-15-11(7)8(4-9)5-10(14)6-13/h3-4,10,14H,1-2,5-6,13H2. The molecule has 1 aliphatic heterocycles. The van der Waals surface area contributed by atoms with Crippen LogP contribution < -0.4 is 10.5 Å².